The first-order valence-corrected chi connectivity index (χ1v) is 13.2. The van der Waals surface area contributed by atoms with Gasteiger partial charge in [0.25, 0.3) is 0 Å². The summed E-state index contributed by atoms with van der Waals surface area (Å²) in [5.74, 6) is 0.173. The predicted octanol–water partition coefficient (Wildman–Crippen LogP) is 3.63. The lowest BCUT2D eigenvalue weighted by Crippen LogP contribution is -2.60. The first-order valence-electron chi connectivity index (χ1n) is 13.2. The number of hydrogen-bond acceptors (Lipinski definition) is 5. The number of carbonyl (C=O) groups is 3. The molecule has 4 rings (SSSR count). The number of fused-ring (bicyclic) bond motifs is 1. The maximum atomic E-state index is 14.2. The Hall–Kier alpha value is -2.41. The summed E-state index contributed by atoms with van der Waals surface area (Å²) in [4.78, 5) is 41.7. The SMILES string of the molecule is CCC1CCN(C(=O)C(NC(=O)OC(C)(C)C)C2Cc3ccccc3C2)C1C(NC1CC1)C(C)=O. The first-order chi connectivity index (χ1) is 16.6. The number of hydrogen-bond donors (Lipinski definition) is 2. The van der Waals surface area contributed by atoms with Gasteiger partial charge >= 0.3 is 6.09 Å². The Morgan fingerprint density at radius 3 is 2.20 bits per heavy atom. The molecule has 4 unspecified atom stereocenters. The molecule has 2 amide bonds. The molecule has 7 heteroatoms. The maximum Gasteiger partial charge on any atom is 0.408 e. The van der Waals surface area contributed by atoms with Crippen LogP contribution in [0, 0.1) is 11.8 Å². The van der Waals surface area contributed by atoms with Gasteiger partial charge in [-0.2, -0.15) is 0 Å². The fourth-order valence-electron chi connectivity index (χ4n) is 5.82. The van der Waals surface area contributed by atoms with Crippen LogP contribution in [0.1, 0.15) is 71.4 Å². The fourth-order valence-corrected chi connectivity index (χ4v) is 5.82. The Labute approximate surface area is 209 Å². The van der Waals surface area contributed by atoms with Gasteiger partial charge in [0.2, 0.25) is 5.91 Å². The lowest BCUT2D eigenvalue weighted by Gasteiger charge is -2.37. The van der Waals surface area contributed by atoms with Gasteiger partial charge in [0.1, 0.15) is 17.4 Å². The van der Waals surface area contributed by atoms with Crippen LogP contribution in [0.25, 0.3) is 0 Å². The largest absolute Gasteiger partial charge is 0.444 e. The first kappa shape index (κ1) is 25.7. The van der Waals surface area contributed by atoms with Crippen molar-refractivity contribution in [1.29, 1.82) is 0 Å². The zero-order valence-electron chi connectivity index (χ0n) is 21.8. The van der Waals surface area contributed by atoms with Gasteiger partial charge in [-0.25, -0.2) is 4.79 Å². The normalized spacial score (nSPS) is 24.1. The summed E-state index contributed by atoms with van der Waals surface area (Å²) in [6, 6.07) is 7.32. The van der Waals surface area contributed by atoms with Crippen molar-refractivity contribution in [3.8, 4) is 0 Å². The molecule has 0 bridgehead atoms. The molecule has 1 heterocycles. The van der Waals surface area contributed by atoms with Crippen molar-refractivity contribution in [1.82, 2.24) is 15.5 Å². The molecule has 1 saturated heterocycles. The Morgan fingerprint density at radius 1 is 1.06 bits per heavy atom. The summed E-state index contributed by atoms with van der Waals surface area (Å²) in [6.07, 6.45) is 4.81. The van der Waals surface area contributed by atoms with Crippen molar-refractivity contribution in [2.75, 3.05) is 6.54 Å². The minimum absolute atomic E-state index is 0.0547. The molecule has 1 saturated carbocycles. The van der Waals surface area contributed by atoms with E-state index in [0.717, 1.165) is 38.5 Å². The van der Waals surface area contributed by atoms with Crippen LogP contribution in [0.5, 0.6) is 0 Å². The van der Waals surface area contributed by atoms with Gasteiger partial charge in [-0.3, -0.25) is 9.59 Å². The molecule has 2 N–H and O–H groups in total. The molecule has 35 heavy (non-hydrogen) atoms. The van der Waals surface area contributed by atoms with Crippen LogP contribution in [0.15, 0.2) is 24.3 Å². The van der Waals surface area contributed by atoms with E-state index in [1.807, 2.05) is 37.8 Å². The summed E-state index contributed by atoms with van der Waals surface area (Å²) in [7, 11) is 0. The quantitative estimate of drug-likeness (QED) is 0.590. The van der Waals surface area contributed by atoms with Gasteiger partial charge in [-0.05, 0) is 82.8 Å². The predicted molar refractivity (Wildman–Crippen MR) is 135 cm³/mol. The van der Waals surface area contributed by atoms with E-state index >= 15 is 0 Å². The third-order valence-electron chi connectivity index (χ3n) is 7.66. The average molecular weight is 484 g/mol. The number of alkyl carbamates (subject to hydrolysis) is 1. The minimum atomic E-state index is -0.705. The average Bonchev–Trinajstić information content (AvgIpc) is 3.34. The van der Waals surface area contributed by atoms with Crippen LogP contribution in [-0.4, -0.2) is 59.0 Å². The van der Waals surface area contributed by atoms with E-state index in [1.165, 1.54) is 11.1 Å². The number of benzene rings is 1. The molecule has 0 aromatic heterocycles. The summed E-state index contributed by atoms with van der Waals surface area (Å²) in [5, 5.41) is 6.46. The summed E-state index contributed by atoms with van der Waals surface area (Å²) >= 11 is 0. The number of carbonyl (C=O) groups excluding carboxylic acids is 3. The second-order valence-electron chi connectivity index (χ2n) is 11.6. The number of ketones is 1. The van der Waals surface area contributed by atoms with E-state index in [-0.39, 0.29) is 35.6 Å². The number of Topliss-reactive ketones (excluding diaryl/α,β-unsaturated/α-hetero) is 1. The van der Waals surface area contributed by atoms with E-state index in [2.05, 4.69) is 29.7 Å². The number of rotatable bonds is 8. The lowest BCUT2D eigenvalue weighted by atomic mass is 9.88. The molecule has 3 aliphatic rings. The zero-order valence-corrected chi connectivity index (χ0v) is 21.8. The van der Waals surface area contributed by atoms with Crippen LogP contribution in [-0.2, 0) is 27.2 Å². The third-order valence-corrected chi connectivity index (χ3v) is 7.66. The molecule has 0 spiro atoms. The van der Waals surface area contributed by atoms with Crippen molar-refractivity contribution in [3.05, 3.63) is 35.4 Å². The summed E-state index contributed by atoms with van der Waals surface area (Å²) in [5.41, 5.74) is 1.79. The second kappa shape index (κ2) is 10.3. The van der Waals surface area contributed by atoms with Crippen LogP contribution >= 0.6 is 0 Å². The Balaban J connectivity index is 1.60. The van der Waals surface area contributed by atoms with Crippen molar-refractivity contribution in [2.45, 2.75) is 103 Å². The van der Waals surface area contributed by atoms with Crippen molar-refractivity contribution in [3.63, 3.8) is 0 Å². The third kappa shape index (κ3) is 6.05. The van der Waals surface area contributed by atoms with Gasteiger partial charge in [-0.15, -0.1) is 0 Å². The molecule has 1 aromatic rings. The number of nitrogens with one attached hydrogen (secondary N) is 2. The van der Waals surface area contributed by atoms with Crippen LogP contribution in [0.4, 0.5) is 4.79 Å². The molecule has 7 nitrogen and oxygen atoms in total. The highest BCUT2D eigenvalue weighted by Crippen LogP contribution is 2.35. The number of likely N-dealkylation sites (tertiary alicyclic amines) is 1. The number of ether oxygens (including phenoxy) is 1. The topological polar surface area (TPSA) is 87.7 Å². The number of nitrogens with zero attached hydrogens (tertiary/aromatic N) is 1. The smallest absolute Gasteiger partial charge is 0.408 e. The van der Waals surface area contributed by atoms with E-state index in [1.54, 1.807) is 6.92 Å². The van der Waals surface area contributed by atoms with Crippen LogP contribution in [0.3, 0.4) is 0 Å². The monoisotopic (exact) mass is 483 g/mol. The number of amides is 2. The minimum Gasteiger partial charge on any atom is -0.444 e. The summed E-state index contributed by atoms with van der Waals surface area (Å²) in [6.45, 7) is 9.81. The Morgan fingerprint density at radius 2 is 1.69 bits per heavy atom. The standard InChI is InChI=1S/C28H41N3O4/c1-6-18-13-14-31(25(18)23(17(2)32)29-22-11-12-22)26(33)24(30-27(34)35-28(3,4)5)21-15-19-9-7-8-10-20(19)16-21/h7-10,18,21-25,29H,6,11-16H2,1-5H3,(H,30,34). The van der Waals surface area contributed by atoms with Crippen molar-refractivity contribution >= 4 is 17.8 Å². The summed E-state index contributed by atoms with van der Waals surface area (Å²) < 4.78 is 5.55. The molecule has 4 atom stereocenters. The molecular formula is C28H41N3O4. The van der Waals surface area contributed by atoms with E-state index in [9.17, 15) is 14.4 Å². The fraction of sp³-hybridized carbons (Fsp3) is 0.679. The molecular weight excluding hydrogens is 442 g/mol. The molecule has 1 aliphatic heterocycles. The molecule has 1 aromatic carbocycles. The zero-order chi connectivity index (χ0) is 25.3. The van der Waals surface area contributed by atoms with Crippen LogP contribution in [0.2, 0.25) is 0 Å². The van der Waals surface area contributed by atoms with Gasteiger partial charge in [0.15, 0.2) is 0 Å². The van der Waals surface area contributed by atoms with Gasteiger partial charge in [0.05, 0.1) is 12.1 Å². The van der Waals surface area contributed by atoms with Crippen molar-refractivity contribution in [2.24, 2.45) is 11.8 Å². The van der Waals surface area contributed by atoms with E-state index in [0.29, 0.717) is 12.6 Å². The highest BCUT2D eigenvalue weighted by atomic mass is 16.6. The maximum absolute atomic E-state index is 14.2. The Bertz CT molecular complexity index is 927. The van der Waals surface area contributed by atoms with E-state index < -0.39 is 17.7 Å². The van der Waals surface area contributed by atoms with E-state index in [4.69, 9.17) is 4.74 Å². The van der Waals surface area contributed by atoms with Gasteiger partial charge in [0, 0.05) is 12.6 Å². The highest BCUT2D eigenvalue weighted by molar-refractivity contribution is 5.89. The van der Waals surface area contributed by atoms with Crippen molar-refractivity contribution < 1.29 is 19.1 Å². The lowest BCUT2D eigenvalue weighted by molar-refractivity contribution is -0.137. The molecule has 2 fully saturated rings. The molecule has 192 valence electrons. The second-order valence-corrected chi connectivity index (χ2v) is 11.6. The van der Waals surface area contributed by atoms with Gasteiger partial charge < -0.3 is 20.3 Å². The molecule has 2 aliphatic carbocycles. The van der Waals surface area contributed by atoms with Gasteiger partial charge in [-0.1, -0.05) is 37.6 Å². The molecule has 0 radical (unpaired) electrons. The highest BCUT2D eigenvalue weighted by Gasteiger charge is 2.47. The van der Waals surface area contributed by atoms with Crippen LogP contribution < -0.4 is 10.6 Å². The Kier molecular flexibility index (Phi) is 7.55.